The van der Waals surface area contributed by atoms with Crippen molar-refractivity contribution in [2.45, 2.75) is 0 Å². The van der Waals surface area contributed by atoms with Gasteiger partial charge in [-0.25, -0.2) is 0 Å². The van der Waals surface area contributed by atoms with Crippen LogP contribution in [0, 0.1) is 0 Å². The van der Waals surface area contributed by atoms with Gasteiger partial charge in [0.15, 0.2) is 0 Å². The molecule has 4 nitrogen and oxygen atoms in total. The number of nitrogens with one attached hydrogen (secondary N) is 1. The van der Waals surface area contributed by atoms with Crippen molar-refractivity contribution in [1.82, 2.24) is 0 Å². The van der Waals surface area contributed by atoms with Crippen molar-refractivity contribution >= 4 is 56.7 Å². The van der Waals surface area contributed by atoms with Gasteiger partial charge in [-0.3, -0.25) is 4.79 Å². The van der Waals surface area contributed by atoms with Crippen LogP contribution in [0.1, 0.15) is 10.4 Å². The molecule has 0 spiro atoms. The lowest BCUT2D eigenvalue weighted by Crippen LogP contribution is -2.13. The Labute approximate surface area is 159 Å². The first-order chi connectivity index (χ1) is 12.6. The fourth-order valence-corrected chi connectivity index (χ4v) is 3.49. The summed E-state index contributed by atoms with van der Waals surface area (Å²) >= 11 is 12.2. The molecule has 0 aliphatic heterocycles. The molecular formula is C20H13Cl2NO3. The predicted octanol–water partition coefficient (Wildman–Crippen LogP) is 6.15. The van der Waals surface area contributed by atoms with Crippen molar-refractivity contribution in [3.63, 3.8) is 0 Å². The Morgan fingerprint density at radius 1 is 0.962 bits per heavy atom. The quantitative estimate of drug-likeness (QED) is 0.459. The number of furan rings is 1. The molecule has 26 heavy (non-hydrogen) atoms. The number of methoxy groups -OCH3 is 1. The Morgan fingerprint density at radius 3 is 2.42 bits per heavy atom. The highest BCUT2D eigenvalue weighted by Crippen LogP contribution is 2.37. The van der Waals surface area contributed by atoms with E-state index in [1.807, 2.05) is 30.3 Å². The molecule has 1 N–H and O–H groups in total. The van der Waals surface area contributed by atoms with Crippen LogP contribution in [0.5, 0.6) is 5.75 Å². The number of rotatable bonds is 3. The van der Waals surface area contributed by atoms with Gasteiger partial charge < -0.3 is 14.5 Å². The van der Waals surface area contributed by atoms with E-state index < -0.39 is 5.91 Å². The minimum Gasteiger partial charge on any atom is -0.495 e. The Kier molecular flexibility index (Phi) is 4.23. The molecule has 0 aliphatic carbocycles. The zero-order chi connectivity index (χ0) is 18.3. The number of ether oxygens (including phenoxy) is 1. The van der Waals surface area contributed by atoms with E-state index in [-0.39, 0.29) is 15.6 Å². The molecule has 0 bridgehead atoms. The molecule has 0 unspecified atom stereocenters. The first-order valence-corrected chi connectivity index (χ1v) is 8.58. The number of halogens is 2. The van der Waals surface area contributed by atoms with Crippen molar-refractivity contribution in [3.8, 4) is 5.75 Å². The van der Waals surface area contributed by atoms with E-state index in [1.165, 1.54) is 0 Å². The summed E-state index contributed by atoms with van der Waals surface area (Å²) in [6.07, 6.45) is 0. The van der Waals surface area contributed by atoms with Crippen LogP contribution < -0.4 is 10.1 Å². The molecule has 1 aromatic heterocycles. The Balaban J connectivity index is 1.81. The van der Waals surface area contributed by atoms with Crippen molar-refractivity contribution in [2.75, 3.05) is 12.4 Å². The van der Waals surface area contributed by atoms with E-state index in [9.17, 15) is 4.79 Å². The fraction of sp³-hybridized carbons (Fsp3) is 0.0500. The van der Waals surface area contributed by atoms with Gasteiger partial charge in [0.25, 0.3) is 5.91 Å². The van der Waals surface area contributed by atoms with Gasteiger partial charge in [0.1, 0.15) is 16.9 Å². The maximum Gasteiger partial charge on any atom is 0.258 e. The number of para-hydroxylation sites is 1. The van der Waals surface area contributed by atoms with Crippen LogP contribution >= 0.6 is 23.2 Å². The van der Waals surface area contributed by atoms with Gasteiger partial charge >= 0.3 is 0 Å². The molecule has 4 rings (SSSR count). The van der Waals surface area contributed by atoms with Crippen LogP contribution in [0.4, 0.5) is 5.69 Å². The lowest BCUT2D eigenvalue weighted by atomic mass is 10.1. The van der Waals surface area contributed by atoms with Crippen LogP contribution in [0.3, 0.4) is 0 Å². The molecule has 0 aliphatic rings. The first-order valence-electron chi connectivity index (χ1n) is 7.83. The minimum absolute atomic E-state index is 0.211. The van der Waals surface area contributed by atoms with E-state index >= 15 is 0 Å². The molecule has 1 heterocycles. The van der Waals surface area contributed by atoms with Crippen molar-refractivity contribution < 1.29 is 13.9 Å². The number of benzene rings is 3. The van der Waals surface area contributed by atoms with Gasteiger partial charge in [0.05, 0.1) is 28.4 Å². The Morgan fingerprint density at radius 2 is 1.69 bits per heavy atom. The molecule has 0 radical (unpaired) electrons. The highest BCUT2D eigenvalue weighted by molar-refractivity contribution is 6.40. The second-order valence-electron chi connectivity index (χ2n) is 5.70. The number of hydrogen-bond donors (Lipinski definition) is 1. The first kappa shape index (κ1) is 16.8. The van der Waals surface area contributed by atoms with E-state index in [2.05, 4.69) is 5.32 Å². The topological polar surface area (TPSA) is 51.5 Å². The summed E-state index contributed by atoms with van der Waals surface area (Å²) in [5, 5.41) is 5.24. The van der Waals surface area contributed by atoms with Crippen LogP contribution in [0.25, 0.3) is 21.9 Å². The van der Waals surface area contributed by atoms with E-state index in [4.69, 9.17) is 32.4 Å². The van der Waals surface area contributed by atoms with Crippen molar-refractivity contribution in [2.24, 2.45) is 0 Å². The SMILES string of the molecule is COc1cc2c(cc1NC(=O)c1c(Cl)cccc1Cl)oc1ccccc12. The second-order valence-corrected chi connectivity index (χ2v) is 6.51. The zero-order valence-electron chi connectivity index (χ0n) is 13.7. The average molecular weight is 386 g/mol. The van der Waals surface area contributed by atoms with Gasteiger partial charge in [-0.05, 0) is 24.3 Å². The van der Waals surface area contributed by atoms with Crippen molar-refractivity contribution in [1.29, 1.82) is 0 Å². The normalized spacial score (nSPS) is 11.0. The smallest absolute Gasteiger partial charge is 0.258 e. The van der Waals surface area contributed by atoms with Crippen molar-refractivity contribution in [3.05, 3.63) is 70.2 Å². The van der Waals surface area contributed by atoms with Crippen LogP contribution in [-0.4, -0.2) is 13.0 Å². The second kappa shape index (κ2) is 6.56. The van der Waals surface area contributed by atoms with E-state index in [1.54, 1.807) is 31.4 Å². The number of carbonyl (C=O) groups is 1. The average Bonchev–Trinajstić information content (AvgIpc) is 2.98. The lowest BCUT2D eigenvalue weighted by molar-refractivity contribution is 0.102. The summed E-state index contributed by atoms with van der Waals surface area (Å²) in [7, 11) is 1.54. The number of hydrogen-bond acceptors (Lipinski definition) is 3. The van der Waals surface area contributed by atoms with E-state index in [0.29, 0.717) is 17.0 Å². The third-order valence-electron chi connectivity index (χ3n) is 4.14. The standard InChI is InChI=1S/C20H13Cl2NO3/c1-25-18-9-12-11-5-2-3-8-16(11)26-17(12)10-15(18)23-20(24)19-13(21)6-4-7-14(19)22/h2-10H,1H3,(H,23,24). The maximum absolute atomic E-state index is 12.7. The molecule has 0 saturated heterocycles. The highest BCUT2D eigenvalue weighted by atomic mass is 35.5. The van der Waals surface area contributed by atoms with E-state index in [0.717, 1.165) is 16.4 Å². The molecule has 0 atom stereocenters. The molecule has 0 fully saturated rings. The maximum atomic E-state index is 12.7. The summed E-state index contributed by atoms with van der Waals surface area (Å²) in [4.78, 5) is 12.7. The summed E-state index contributed by atoms with van der Waals surface area (Å²) < 4.78 is 11.3. The molecule has 6 heteroatoms. The Bertz CT molecular complexity index is 1130. The van der Waals surface area contributed by atoms with Gasteiger partial charge in [-0.15, -0.1) is 0 Å². The summed E-state index contributed by atoms with van der Waals surface area (Å²) in [6.45, 7) is 0. The number of carbonyl (C=O) groups excluding carboxylic acids is 1. The van der Waals surface area contributed by atoms with Gasteiger partial charge in [0, 0.05) is 16.8 Å². The van der Waals surface area contributed by atoms with Crippen LogP contribution in [0.15, 0.2) is 59.0 Å². The summed E-state index contributed by atoms with van der Waals surface area (Å²) in [6, 6.07) is 16.2. The summed E-state index contributed by atoms with van der Waals surface area (Å²) in [5.74, 6) is 0.0925. The molecule has 3 aromatic carbocycles. The highest BCUT2D eigenvalue weighted by Gasteiger charge is 2.18. The largest absolute Gasteiger partial charge is 0.495 e. The fourth-order valence-electron chi connectivity index (χ4n) is 2.92. The number of amides is 1. The monoisotopic (exact) mass is 385 g/mol. The lowest BCUT2D eigenvalue weighted by Gasteiger charge is -2.12. The Hall–Kier alpha value is -2.69. The van der Waals surface area contributed by atoms with Gasteiger partial charge in [-0.2, -0.15) is 0 Å². The minimum atomic E-state index is -0.422. The number of anilines is 1. The van der Waals surface area contributed by atoms with Gasteiger partial charge in [-0.1, -0.05) is 47.5 Å². The van der Waals surface area contributed by atoms with Crippen LogP contribution in [0.2, 0.25) is 10.0 Å². The van der Waals surface area contributed by atoms with Gasteiger partial charge in [0.2, 0.25) is 0 Å². The predicted molar refractivity (Wildman–Crippen MR) is 105 cm³/mol. The summed E-state index contributed by atoms with van der Waals surface area (Å²) in [5.41, 5.74) is 2.09. The molecule has 130 valence electrons. The molecular weight excluding hydrogens is 373 g/mol. The third-order valence-corrected chi connectivity index (χ3v) is 4.77. The number of fused-ring (bicyclic) bond motifs is 3. The zero-order valence-corrected chi connectivity index (χ0v) is 15.2. The van der Waals surface area contributed by atoms with Crippen LogP contribution in [-0.2, 0) is 0 Å². The molecule has 4 aromatic rings. The molecule has 0 saturated carbocycles. The third kappa shape index (κ3) is 2.77. The molecule has 1 amide bonds.